The van der Waals surface area contributed by atoms with Crippen LogP contribution in [0.1, 0.15) is 43.7 Å². The van der Waals surface area contributed by atoms with Crippen LogP contribution in [0.5, 0.6) is 5.75 Å². The Kier molecular flexibility index (Phi) is 10.8. The van der Waals surface area contributed by atoms with E-state index in [1.54, 1.807) is 6.20 Å². The maximum Gasteiger partial charge on any atom is 0.191 e. The van der Waals surface area contributed by atoms with Gasteiger partial charge in [-0.05, 0) is 57.0 Å². The summed E-state index contributed by atoms with van der Waals surface area (Å²) in [4.78, 5) is 8.92. The predicted molar refractivity (Wildman–Crippen MR) is 124 cm³/mol. The van der Waals surface area contributed by atoms with Crippen LogP contribution in [0.25, 0.3) is 0 Å². The number of hydrogen-bond acceptors (Lipinski definition) is 4. The molecule has 0 bridgehead atoms. The molecular formula is C21H31IN4O2. The zero-order chi connectivity index (χ0) is 19.6. The fourth-order valence-corrected chi connectivity index (χ4v) is 2.56. The minimum atomic E-state index is -0.666. The van der Waals surface area contributed by atoms with Crippen LogP contribution in [0.2, 0.25) is 0 Å². The predicted octanol–water partition coefficient (Wildman–Crippen LogP) is 3.58. The maximum atomic E-state index is 10.5. The summed E-state index contributed by atoms with van der Waals surface area (Å²) in [6.45, 7) is 9.55. The second kappa shape index (κ2) is 12.6. The number of aliphatic hydroxyl groups is 1. The van der Waals surface area contributed by atoms with Crippen LogP contribution in [-0.2, 0) is 6.54 Å². The molecular weight excluding hydrogens is 467 g/mol. The third-order valence-electron chi connectivity index (χ3n) is 3.93. The van der Waals surface area contributed by atoms with Crippen LogP contribution in [0.15, 0.2) is 47.6 Å². The van der Waals surface area contributed by atoms with Crippen molar-refractivity contribution in [3.8, 4) is 5.75 Å². The molecule has 0 aliphatic rings. The summed E-state index contributed by atoms with van der Waals surface area (Å²) in [6.07, 6.45) is 1.20. The number of benzene rings is 1. The van der Waals surface area contributed by atoms with Crippen LogP contribution < -0.4 is 15.4 Å². The largest absolute Gasteiger partial charge is 0.491 e. The van der Waals surface area contributed by atoms with E-state index in [4.69, 9.17) is 4.74 Å². The molecule has 154 valence electrons. The monoisotopic (exact) mass is 498 g/mol. The summed E-state index contributed by atoms with van der Waals surface area (Å²) in [5.41, 5.74) is 2.85. The van der Waals surface area contributed by atoms with Crippen LogP contribution in [0.4, 0.5) is 0 Å². The Hall–Kier alpha value is -1.87. The number of aliphatic hydroxyl groups excluding tert-OH is 1. The van der Waals surface area contributed by atoms with E-state index in [0.717, 1.165) is 29.1 Å². The first kappa shape index (κ1) is 24.2. The molecule has 1 unspecified atom stereocenters. The molecule has 28 heavy (non-hydrogen) atoms. The van der Waals surface area contributed by atoms with Gasteiger partial charge in [0, 0.05) is 19.3 Å². The zero-order valence-electron chi connectivity index (χ0n) is 17.0. The van der Waals surface area contributed by atoms with Crippen LogP contribution in [0, 0.1) is 6.92 Å². The molecule has 0 radical (unpaired) electrons. The van der Waals surface area contributed by atoms with Crippen LogP contribution in [-0.4, -0.2) is 35.2 Å². The second-order valence-corrected chi connectivity index (χ2v) is 6.60. The van der Waals surface area contributed by atoms with Crippen molar-refractivity contribution in [2.24, 2.45) is 4.99 Å². The summed E-state index contributed by atoms with van der Waals surface area (Å²) in [5.74, 6) is 1.41. The summed E-state index contributed by atoms with van der Waals surface area (Å²) in [6, 6.07) is 11.5. The molecule has 0 spiro atoms. The van der Waals surface area contributed by atoms with Gasteiger partial charge >= 0.3 is 0 Å². The number of hydrogen-bond donors (Lipinski definition) is 3. The van der Waals surface area contributed by atoms with Gasteiger partial charge in [0.1, 0.15) is 5.75 Å². The topological polar surface area (TPSA) is 78.8 Å². The molecule has 6 nitrogen and oxygen atoms in total. The number of ether oxygens (including phenoxy) is 1. The Morgan fingerprint density at radius 2 is 2.00 bits per heavy atom. The lowest BCUT2D eigenvalue weighted by atomic mass is 10.1. The van der Waals surface area contributed by atoms with Gasteiger partial charge < -0.3 is 20.5 Å². The normalized spacial score (nSPS) is 12.3. The van der Waals surface area contributed by atoms with Gasteiger partial charge in [0.15, 0.2) is 5.96 Å². The molecule has 0 aliphatic heterocycles. The van der Waals surface area contributed by atoms with Crippen molar-refractivity contribution in [1.82, 2.24) is 15.6 Å². The Morgan fingerprint density at radius 1 is 1.21 bits per heavy atom. The number of pyridine rings is 1. The Balaban J connectivity index is 0.00000392. The highest BCUT2D eigenvalue weighted by atomic mass is 127. The maximum absolute atomic E-state index is 10.5. The van der Waals surface area contributed by atoms with Gasteiger partial charge in [0.05, 0.1) is 24.4 Å². The smallest absolute Gasteiger partial charge is 0.191 e. The fourth-order valence-electron chi connectivity index (χ4n) is 2.56. The number of aliphatic imine (C=N–C) groups is 1. The summed E-state index contributed by atoms with van der Waals surface area (Å²) in [5, 5.41) is 16.9. The van der Waals surface area contributed by atoms with E-state index in [1.807, 2.05) is 64.1 Å². The van der Waals surface area contributed by atoms with E-state index in [1.165, 1.54) is 0 Å². The van der Waals surface area contributed by atoms with Gasteiger partial charge in [0.25, 0.3) is 0 Å². The standard InChI is InChI=1S/C21H30N4O2.HI/c1-5-22-21(24-13-19-16(4)8-7-11-23-19)25-14-20(26)17-9-6-10-18(12-17)27-15(2)3;/h6-12,15,20,26H,5,13-14H2,1-4H3,(H2,22,24,25);1H. The van der Waals surface area contributed by atoms with Gasteiger partial charge in [-0.2, -0.15) is 0 Å². The van der Waals surface area contributed by atoms with E-state index < -0.39 is 6.10 Å². The number of nitrogens with one attached hydrogen (secondary N) is 2. The molecule has 0 fully saturated rings. The van der Waals surface area contributed by atoms with Gasteiger partial charge in [-0.3, -0.25) is 4.98 Å². The Labute approximate surface area is 184 Å². The van der Waals surface area contributed by atoms with Crippen molar-refractivity contribution in [2.45, 2.75) is 46.4 Å². The molecule has 0 aliphatic carbocycles. The SMILES string of the molecule is CCNC(=NCc1ncccc1C)NCC(O)c1cccc(OC(C)C)c1.I. The first-order chi connectivity index (χ1) is 13.0. The van der Waals surface area contributed by atoms with Crippen molar-refractivity contribution in [3.05, 3.63) is 59.4 Å². The number of nitrogens with zero attached hydrogens (tertiary/aromatic N) is 2. The van der Waals surface area contributed by atoms with Gasteiger partial charge in [-0.25, -0.2) is 4.99 Å². The quantitative estimate of drug-likeness (QED) is 0.295. The minimum absolute atomic E-state index is 0. The Bertz CT molecular complexity index is 753. The zero-order valence-corrected chi connectivity index (χ0v) is 19.3. The van der Waals surface area contributed by atoms with E-state index >= 15 is 0 Å². The first-order valence-corrected chi connectivity index (χ1v) is 9.37. The van der Waals surface area contributed by atoms with Crippen molar-refractivity contribution in [1.29, 1.82) is 0 Å². The molecule has 1 aromatic carbocycles. The van der Waals surface area contributed by atoms with E-state index in [0.29, 0.717) is 19.0 Å². The molecule has 0 saturated carbocycles. The molecule has 7 heteroatoms. The number of halogens is 1. The molecule has 2 aromatic rings. The van der Waals surface area contributed by atoms with Gasteiger partial charge in [-0.1, -0.05) is 18.2 Å². The van der Waals surface area contributed by atoms with Crippen molar-refractivity contribution >= 4 is 29.9 Å². The number of aromatic nitrogens is 1. The van der Waals surface area contributed by atoms with E-state index in [2.05, 4.69) is 20.6 Å². The number of aryl methyl sites for hydroxylation is 1. The third-order valence-corrected chi connectivity index (χ3v) is 3.93. The minimum Gasteiger partial charge on any atom is -0.491 e. The van der Waals surface area contributed by atoms with Gasteiger partial charge in [0.2, 0.25) is 0 Å². The van der Waals surface area contributed by atoms with E-state index in [-0.39, 0.29) is 30.1 Å². The summed E-state index contributed by atoms with van der Waals surface area (Å²) >= 11 is 0. The lowest BCUT2D eigenvalue weighted by Crippen LogP contribution is -2.39. The highest BCUT2D eigenvalue weighted by Gasteiger charge is 2.10. The molecule has 1 heterocycles. The lowest BCUT2D eigenvalue weighted by molar-refractivity contribution is 0.179. The van der Waals surface area contributed by atoms with Crippen molar-refractivity contribution in [3.63, 3.8) is 0 Å². The average molecular weight is 498 g/mol. The summed E-state index contributed by atoms with van der Waals surface area (Å²) < 4.78 is 5.69. The fraction of sp³-hybridized carbons (Fsp3) is 0.429. The highest BCUT2D eigenvalue weighted by Crippen LogP contribution is 2.19. The van der Waals surface area contributed by atoms with Gasteiger partial charge in [-0.15, -0.1) is 24.0 Å². The number of guanidine groups is 1. The molecule has 3 N–H and O–H groups in total. The molecule has 1 atom stereocenters. The third kappa shape index (κ3) is 8.02. The molecule has 2 rings (SSSR count). The second-order valence-electron chi connectivity index (χ2n) is 6.60. The molecule has 0 saturated heterocycles. The number of rotatable bonds is 8. The highest BCUT2D eigenvalue weighted by molar-refractivity contribution is 14.0. The molecule has 0 amide bonds. The average Bonchev–Trinajstić information content (AvgIpc) is 2.64. The summed E-state index contributed by atoms with van der Waals surface area (Å²) in [7, 11) is 0. The van der Waals surface area contributed by atoms with Crippen molar-refractivity contribution in [2.75, 3.05) is 13.1 Å². The first-order valence-electron chi connectivity index (χ1n) is 9.37. The lowest BCUT2D eigenvalue weighted by Gasteiger charge is -2.17. The Morgan fingerprint density at radius 3 is 2.68 bits per heavy atom. The van der Waals surface area contributed by atoms with E-state index in [9.17, 15) is 5.11 Å². The van der Waals surface area contributed by atoms with Crippen LogP contribution >= 0.6 is 24.0 Å². The van der Waals surface area contributed by atoms with Crippen LogP contribution in [0.3, 0.4) is 0 Å². The van der Waals surface area contributed by atoms with Crippen molar-refractivity contribution < 1.29 is 9.84 Å². The molecule has 1 aromatic heterocycles.